The monoisotopic (exact) mass is 347 g/mol. The summed E-state index contributed by atoms with van der Waals surface area (Å²) >= 11 is -1.59. The summed E-state index contributed by atoms with van der Waals surface area (Å²) in [5.41, 5.74) is 10.1. The zero-order valence-corrected chi connectivity index (χ0v) is 13.5. The standard InChI is InChI=1S/C16H17N3O4S/c17-14(20)8-13(16(18)22)19-15(21)9-24(23)12-6-5-10-3-1-2-4-11(10)7-12/h1-7,13H,8-9H2,(H2,17,20)(H2,18,22)(H,19,21). The van der Waals surface area contributed by atoms with E-state index < -0.39 is 41.4 Å². The molecule has 2 aromatic rings. The van der Waals surface area contributed by atoms with Crippen molar-refractivity contribution in [2.24, 2.45) is 11.5 Å². The van der Waals surface area contributed by atoms with Gasteiger partial charge in [0.05, 0.1) is 6.42 Å². The number of hydrogen-bond acceptors (Lipinski definition) is 4. The van der Waals surface area contributed by atoms with Gasteiger partial charge in [-0.05, 0) is 34.1 Å². The van der Waals surface area contributed by atoms with Crippen molar-refractivity contribution in [2.45, 2.75) is 17.4 Å². The summed E-state index contributed by atoms with van der Waals surface area (Å²) in [4.78, 5) is 34.5. The summed E-state index contributed by atoms with van der Waals surface area (Å²) in [6, 6.07) is 11.6. The van der Waals surface area contributed by atoms with E-state index in [-0.39, 0.29) is 5.75 Å². The lowest BCUT2D eigenvalue weighted by atomic mass is 10.1. The highest BCUT2D eigenvalue weighted by Crippen LogP contribution is 2.19. The minimum absolute atomic E-state index is 0.346. The molecule has 0 aromatic heterocycles. The Labute approximate surface area is 141 Å². The SMILES string of the molecule is NC(=O)CC(NC(=O)C[S+]([O-])c1ccc2ccccc2c1)C(N)=O. The fraction of sp³-hybridized carbons (Fsp3) is 0.188. The number of nitrogens with two attached hydrogens (primary N) is 2. The minimum atomic E-state index is -1.59. The van der Waals surface area contributed by atoms with Crippen molar-refractivity contribution < 1.29 is 18.9 Å². The van der Waals surface area contributed by atoms with Crippen molar-refractivity contribution >= 4 is 39.7 Å². The second-order valence-electron chi connectivity index (χ2n) is 5.19. The minimum Gasteiger partial charge on any atom is -0.611 e. The predicted molar refractivity (Wildman–Crippen MR) is 90.2 cm³/mol. The number of rotatable bonds is 7. The molecular formula is C16H17N3O4S. The van der Waals surface area contributed by atoms with Crippen molar-refractivity contribution in [1.82, 2.24) is 5.32 Å². The van der Waals surface area contributed by atoms with Gasteiger partial charge in [0.1, 0.15) is 6.04 Å². The van der Waals surface area contributed by atoms with Gasteiger partial charge in [-0.1, -0.05) is 24.3 Å². The van der Waals surface area contributed by atoms with Crippen LogP contribution in [0.2, 0.25) is 0 Å². The molecule has 3 amide bonds. The Morgan fingerprint density at radius 3 is 2.38 bits per heavy atom. The molecule has 0 saturated heterocycles. The molecule has 0 aliphatic heterocycles. The fourth-order valence-electron chi connectivity index (χ4n) is 2.17. The average molecular weight is 347 g/mol. The summed E-state index contributed by atoms with van der Waals surface area (Å²) in [5.74, 6) is -2.64. The van der Waals surface area contributed by atoms with E-state index in [4.69, 9.17) is 11.5 Å². The first-order chi connectivity index (χ1) is 11.4. The van der Waals surface area contributed by atoms with E-state index >= 15 is 0 Å². The number of benzene rings is 2. The van der Waals surface area contributed by atoms with Crippen LogP contribution >= 0.6 is 0 Å². The van der Waals surface area contributed by atoms with E-state index in [0.29, 0.717) is 4.90 Å². The molecule has 0 aliphatic carbocycles. The van der Waals surface area contributed by atoms with Crippen LogP contribution in [-0.2, 0) is 25.6 Å². The third-order valence-corrected chi connectivity index (χ3v) is 4.63. The Bertz CT molecular complexity index is 781. The number of hydrogen-bond donors (Lipinski definition) is 3. The van der Waals surface area contributed by atoms with Crippen LogP contribution < -0.4 is 16.8 Å². The largest absolute Gasteiger partial charge is 0.611 e. The van der Waals surface area contributed by atoms with Crippen LogP contribution in [0.25, 0.3) is 10.8 Å². The first-order valence-electron chi connectivity index (χ1n) is 7.11. The van der Waals surface area contributed by atoms with Gasteiger partial charge in [0.15, 0.2) is 10.6 Å². The molecule has 0 fully saturated rings. The van der Waals surface area contributed by atoms with Crippen molar-refractivity contribution in [3.8, 4) is 0 Å². The van der Waals surface area contributed by atoms with Crippen LogP contribution in [0, 0.1) is 0 Å². The highest BCUT2D eigenvalue weighted by molar-refractivity contribution is 7.92. The number of amides is 3. The number of fused-ring (bicyclic) bond motifs is 1. The molecule has 0 bridgehead atoms. The van der Waals surface area contributed by atoms with Gasteiger partial charge in [0.2, 0.25) is 11.8 Å². The average Bonchev–Trinajstić information content (AvgIpc) is 2.53. The third-order valence-electron chi connectivity index (χ3n) is 3.33. The Balaban J connectivity index is 2.04. The van der Waals surface area contributed by atoms with E-state index in [1.165, 1.54) is 0 Å². The maximum Gasteiger partial charge on any atom is 0.271 e. The molecular weight excluding hydrogens is 330 g/mol. The maximum atomic E-state index is 12.3. The topological polar surface area (TPSA) is 138 Å². The lowest BCUT2D eigenvalue weighted by molar-refractivity contribution is -0.128. The predicted octanol–water partition coefficient (Wildman–Crippen LogP) is -0.207. The summed E-state index contributed by atoms with van der Waals surface area (Å²) in [5, 5.41) is 4.19. The zero-order valence-electron chi connectivity index (χ0n) is 12.7. The fourth-order valence-corrected chi connectivity index (χ4v) is 3.14. The van der Waals surface area contributed by atoms with Crippen LogP contribution in [0.4, 0.5) is 0 Å². The lowest BCUT2D eigenvalue weighted by Crippen LogP contribution is -2.48. The smallest absolute Gasteiger partial charge is 0.271 e. The van der Waals surface area contributed by atoms with E-state index in [9.17, 15) is 18.9 Å². The van der Waals surface area contributed by atoms with Crippen molar-refractivity contribution in [1.29, 1.82) is 0 Å². The molecule has 2 unspecified atom stereocenters. The molecule has 2 atom stereocenters. The number of primary amides is 2. The molecule has 0 radical (unpaired) electrons. The Kier molecular flexibility index (Phi) is 5.78. The first-order valence-corrected chi connectivity index (χ1v) is 8.43. The first kappa shape index (κ1) is 17.8. The molecule has 0 spiro atoms. The van der Waals surface area contributed by atoms with Gasteiger partial charge in [0.25, 0.3) is 5.91 Å². The van der Waals surface area contributed by atoms with Crippen molar-refractivity contribution in [3.63, 3.8) is 0 Å². The van der Waals surface area contributed by atoms with Gasteiger partial charge in [-0.25, -0.2) is 0 Å². The van der Waals surface area contributed by atoms with E-state index in [0.717, 1.165) is 10.8 Å². The molecule has 8 heteroatoms. The van der Waals surface area contributed by atoms with E-state index in [1.807, 2.05) is 30.3 Å². The maximum absolute atomic E-state index is 12.3. The zero-order chi connectivity index (χ0) is 17.7. The molecule has 2 aromatic carbocycles. The summed E-state index contributed by atoms with van der Waals surface area (Å²) in [6.45, 7) is 0. The van der Waals surface area contributed by atoms with E-state index in [1.54, 1.807) is 12.1 Å². The van der Waals surface area contributed by atoms with Crippen LogP contribution in [0.3, 0.4) is 0 Å². The molecule has 0 aliphatic rings. The molecule has 5 N–H and O–H groups in total. The second-order valence-corrected chi connectivity index (χ2v) is 6.64. The summed E-state index contributed by atoms with van der Waals surface area (Å²) < 4.78 is 12.3. The quantitative estimate of drug-likeness (QED) is 0.597. The molecule has 2 rings (SSSR count). The molecule has 24 heavy (non-hydrogen) atoms. The van der Waals surface area contributed by atoms with Gasteiger partial charge in [-0.15, -0.1) is 0 Å². The summed E-state index contributed by atoms with van der Waals surface area (Å²) in [6.07, 6.45) is -0.399. The third kappa shape index (κ3) is 4.71. The van der Waals surface area contributed by atoms with Crippen LogP contribution in [-0.4, -0.2) is 34.1 Å². The van der Waals surface area contributed by atoms with E-state index in [2.05, 4.69) is 5.32 Å². The number of nitrogens with one attached hydrogen (secondary N) is 1. The molecule has 7 nitrogen and oxygen atoms in total. The molecule has 126 valence electrons. The Morgan fingerprint density at radius 2 is 1.75 bits per heavy atom. The van der Waals surface area contributed by atoms with Crippen LogP contribution in [0.5, 0.6) is 0 Å². The van der Waals surface area contributed by atoms with Gasteiger partial charge in [0, 0.05) is 6.07 Å². The number of carbonyl (C=O) groups excluding carboxylic acids is 3. The summed E-state index contributed by atoms with van der Waals surface area (Å²) in [7, 11) is 0. The second kappa shape index (κ2) is 7.80. The highest BCUT2D eigenvalue weighted by atomic mass is 32.2. The van der Waals surface area contributed by atoms with Gasteiger partial charge < -0.3 is 21.3 Å². The molecule has 0 saturated carbocycles. The van der Waals surface area contributed by atoms with Crippen molar-refractivity contribution in [3.05, 3.63) is 42.5 Å². The lowest BCUT2D eigenvalue weighted by Gasteiger charge is -2.15. The highest BCUT2D eigenvalue weighted by Gasteiger charge is 2.24. The Hall–Kier alpha value is -2.58. The van der Waals surface area contributed by atoms with Gasteiger partial charge in [-0.3, -0.25) is 14.4 Å². The van der Waals surface area contributed by atoms with Crippen LogP contribution in [0.15, 0.2) is 47.4 Å². The Morgan fingerprint density at radius 1 is 1.08 bits per heavy atom. The van der Waals surface area contributed by atoms with Crippen molar-refractivity contribution in [2.75, 3.05) is 5.75 Å². The van der Waals surface area contributed by atoms with Gasteiger partial charge >= 0.3 is 0 Å². The normalized spacial score (nSPS) is 13.2. The van der Waals surface area contributed by atoms with Gasteiger partial charge in [-0.2, -0.15) is 0 Å². The number of carbonyl (C=O) groups is 3. The molecule has 0 heterocycles. The van der Waals surface area contributed by atoms with Crippen LogP contribution in [0.1, 0.15) is 6.42 Å².